The van der Waals surface area contributed by atoms with E-state index in [9.17, 15) is 4.79 Å². The minimum atomic E-state index is -0.175. The summed E-state index contributed by atoms with van der Waals surface area (Å²) >= 11 is 9.60. The van der Waals surface area contributed by atoms with Crippen LogP contribution in [0.2, 0.25) is 5.02 Å². The molecule has 1 amide bonds. The smallest absolute Gasteiger partial charge is 0.252 e. The van der Waals surface area contributed by atoms with Crippen molar-refractivity contribution in [3.63, 3.8) is 0 Å². The van der Waals surface area contributed by atoms with Gasteiger partial charge in [-0.1, -0.05) is 63.9 Å². The van der Waals surface area contributed by atoms with E-state index in [0.29, 0.717) is 23.6 Å². The van der Waals surface area contributed by atoms with Gasteiger partial charge in [0.2, 0.25) is 0 Å². The van der Waals surface area contributed by atoms with Crippen LogP contribution in [0.3, 0.4) is 0 Å². The number of amides is 1. The molecular weight excluding hydrogens is 450 g/mol. The summed E-state index contributed by atoms with van der Waals surface area (Å²) in [5.41, 5.74) is 3.72. The quantitative estimate of drug-likeness (QED) is 0.408. The van der Waals surface area contributed by atoms with Gasteiger partial charge in [-0.3, -0.25) is 4.79 Å². The van der Waals surface area contributed by atoms with Gasteiger partial charge in [-0.25, -0.2) is 4.98 Å². The Morgan fingerprint density at radius 2 is 1.72 bits per heavy atom. The van der Waals surface area contributed by atoms with Crippen molar-refractivity contribution in [2.45, 2.75) is 13.0 Å². The first-order chi connectivity index (χ1) is 14.1. The third-order valence-corrected chi connectivity index (χ3v) is 5.60. The molecule has 4 nitrogen and oxygen atoms in total. The van der Waals surface area contributed by atoms with Gasteiger partial charge in [0, 0.05) is 24.0 Å². The van der Waals surface area contributed by atoms with Crippen LogP contribution >= 0.6 is 27.5 Å². The van der Waals surface area contributed by atoms with E-state index in [4.69, 9.17) is 16.6 Å². The van der Waals surface area contributed by atoms with E-state index in [2.05, 4.69) is 44.0 Å². The molecular formula is C23H19BrClN3O. The molecule has 0 bridgehead atoms. The number of nitrogens with zero attached hydrogens (tertiary/aromatic N) is 2. The third-order valence-electron chi connectivity index (χ3n) is 4.74. The van der Waals surface area contributed by atoms with Gasteiger partial charge >= 0.3 is 0 Å². The number of rotatable bonds is 6. The van der Waals surface area contributed by atoms with Gasteiger partial charge in [0.15, 0.2) is 0 Å². The summed E-state index contributed by atoms with van der Waals surface area (Å²) < 4.78 is 3.26. The molecule has 0 fully saturated rings. The van der Waals surface area contributed by atoms with Gasteiger partial charge in [-0.05, 0) is 42.0 Å². The van der Waals surface area contributed by atoms with E-state index in [1.165, 1.54) is 5.56 Å². The van der Waals surface area contributed by atoms with Gasteiger partial charge in [0.05, 0.1) is 21.6 Å². The number of para-hydroxylation sites is 2. The van der Waals surface area contributed by atoms with Gasteiger partial charge in [-0.2, -0.15) is 0 Å². The van der Waals surface area contributed by atoms with Crippen molar-refractivity contribution < 1.29 is 4.79 Å². The Morgan fingerprint density at radius 3 is 2.52 bits per heavy atom. The second kappa shape index (κ2) is 8.80. The topological polar surface area (TPSA) is 46.9 Å². The lowest BCUT2D eigenvalue weighted by molar-refractivity contribution is 0.0954. The molecule has 1 heterocycles. The number of fused-ring (bicyclic) bond motifs is 1. The third kappa shape index (κ3) is 4.52. The summed E-state index contributed by atoms with van der Waals surface area (Å²) in [6.45, 7) is 1.20. The van der Waals surface area contributed by atoms with Crippen LogP contribution in [0, 0.1) is 0 Å². The van der Waals surface area contributed by atoms with Crippen molar-refractivity contribution in [1.29, 1.82) is 0 Å². The number of aromatic nitrogens is 2. The highest BCUT2D eigenvalue weighted by molar-refractivity contribution is 9.10. The molecule has 29 heavy (non-hydrogen) atoms. The predicted octanol–water partition coefficient (Wildman–Crippen LogP) is 5.47. The van der Waals surface area contributed by atoms with E-state index in [-0.39, 0.29) is 5.91 Å². The van der Waals surface area contributed by atoms with Crippen molar-refractivity contribution in [2.75, 3.05) is 6.54 Å². The summed E-state index contributed by atoms with van der Waals surface area (Å²) in [7, 11) is 0. The van der Waals surface area contributed by atoms with Crippen LogP contribution in [0.15, 0.2) is 77.3 Å². The SMILES string of the molecule is O=C(NCCc1nc2ccccc2n1Cc1ccc(Br)cc1)c1ccccc1Cl. The molecule has 0 aliphatic rings. The molecule has 0 aliphatic heterocycles. The monoisotopic (exact) mass is 467 g/mol. The standard InChI is InChI=1S/C23H19BrClN3O/c24-17-11-9-16(10-12-17)15-28-21-8-4-3-7-20(21)27-22(28)13-14-26-23(29)18-5-1-2-6-19(18)25/h1-12H,13-15H2,(H,26,29). The van der Waals surface area contributed by atoms with Crippen LogP contribution in [0.1, 0.15) is 21.7 Å². The largest absolute Gasteiger partial charge is 0.352 e. The lowest BCUT2D eigenvalue weighted by Crippen LogP contribution is -2.26. The molecule has 4 rings (SSSR count). The van der Waals surface area contributed by atoms with E-state index in [1.807, 2.05) is 36.4 Å². The van der Waals surface area contributed by atoms with Crippen molar-refractivity contribution in [2.24, 2.45) is 0 Å². The van der Waals surface area contributed by atoms with E-state index >= 15 is 0 Å². The number of nitrogens with one attached hydrogen (secondary N) is 1. The highest BCUT2D eigenvalue weighted by atomic mass is 79.9. The normalized spacial score (nSPS) is 11.0. The molecule has 0 atom stereocenters. The van der Waals surface area contributed by atoms with Gasteiger partial charge < -0.3 is 9.88 Å². The second-order valence-electron chi connectivity index (χ2n) is 6.72. The molecule has 0 unspecified atom stereocenters. The first kappa shape index (κ1) is 19.7. The number of benzene rings is 3. The number of halogens is 2. The molecule has 1 aromatic heterocycles. The second-order valence-corrected chi connectivity index (χ2v) is 8.04. The van der Waals surface area contributed by atoms with Crippen LogP contribution < -0.4 is 5.32 Å². The fraction of sp³-hybridized carbons (Fsp3) is 0.130. The van der Waals surface area contributed by atoms with Crippen LogP contribution in [0.4, 0.5) is 0 Å². The van der Waals surface area contributed by atoms with E-state index in [0.717, 1.165) is 27.9 Å². The maximum Gasteiger partial charge on any atom is 0.252 e. The Kier molecular flexibility index (Phi) is 5.97. The summed E-state index contributed by atoms with van der Waals surface area (Å²) in [6.07, 6.45) is 0.626. The Bertz CT molecular complexity index is 1150. The molecule has 0 radical (unpaired) electrons. The molecule has 1 N–H and O–H groups in total. The number of carbonyl (C=O) groups excluding carboxylic acids is 1. The number of hydrogen-bond donors (Lipinski definition) is 1. The Balaban J connectivity index is 1.53. The first-order valence-electron chi connectivity index (χ1n) is 9.33. The summed E-state index contributed by atoms with van der Waals surface area (Å²) in [5.74, 6) is 0.764. The molecule has 3 aromatic carbocycles. The van der Waals surface area contributed by atoms with Crippen molar-refractivity contribution in [3.8, 4) is 0 Å². The fourth-order valence-electron chi connectivity index (χ4n) is 3.29. The lowest BCUT2D eigenvalue weighted by atomic mass is 10.2. The molecule has 0 saturated carbocycles. The molecule has 4 aromatic rings. The average Bonchev–Trinajstić information content (AvgIpc) is 3.07. The number of hydrogen-bond acceptors (Lipinski definition) is 2. The van der Waals surface area contributed by atoms with Gasteiger partial charge in [0.1, 0.15) is 5.82 Å². The molecule has 6 heteroatoms. The minimum Gasteiger partial charge on any atom is -0.352 e. The van der Waals surface area contributed by atoms with Gasteiger partial charge in [0.25, 0.3) is 5.91 Å². The van der Waals surface area contributed by atoms with Crippen LogP contribution in [0.5, 0.6) is 0 Å². The van der Waals surface area contributed by atoms with Crippen LogP contribution in [-0.2, 0) is 13.0 Å². The van der Waals surface area contributed by atoms with Crippen molar-refractivity contribution in [1.82, 2.24) is 14.9 Å². The van der Waals surface area contributed by atoms with E-state index in [1.54, 1.807) is 18.2 Å². The Hall–Kier alpha value is -2.63. The predicted molar refractivity (Wildman–Crippen MR) is 120 cm³/mol. The fourth-order valence-corrected chi connectivity index (χ4v) is 3.78. The molecule has 0 saturated heterocycles. The molecule has 0 aliphatic carbocycles. The van der Waals surface area contributed by atoms with Crippen LogP contribution in [0.25, 0.3) is 11.0 Å². The van der Waals surface area contributed by atoms with E-state index < -0.39 is 0 Å². The Labute approximate surface area is 182 Å². The minimum absolute atomic E-state index is 0.175. The van der Waals surface area contributed by atoms with Crippen molar-refractivity contribution >= 4 is 44.5 Å². The number of imidazole rings is 1. The zero-order valence-electron chi connectivity index (χ0n) is 15.6. The summed E-state index contributed by atoms with van der Waals surface area (Å²) in [6, 6.07) is 23.4. The van der Waals surface area contributed by atoms with Crippen LogP contribution in [-0.4, -0.2) is 22.0 Å². The summed E-state index contributed by atoms with van der Waals surface area (Å²) in [5, 5.41) is 3.40. The zero-order chi connectivity index (χ0) is 20.2. The van der Waals surface area contributed by atoms with Gasteiger partial charge in [-0.15, -0.1) is 0 Å². The highest BCUT2D eigenvalue weighted by Gasteiger charge is 2.13. The Morgan fingerprint density at radius 1 is 1.00 bits per heavy atom. The zero-order valence-corrected chi connectivity index (χ0v) is 18.0. The summed E-state index contributed by atoms with van der Waals surface area (Å²) in [4.78, 5) is 17.2. The lowest BCUT2D eigenvalue weighted by Gasteiger charge is -2.11. The molecule has 146 valence electrons. The maximum absolute atomic E-state index is 12.4. The average molecular weight is 469 g/mol. The highest BCUT2D eigenvalue weighted by Crippen LogP contribution is 2.20. The molecule has 0 spiro atoms. The van der Waals surface area contributed by atoms with Crippen molar-refractivity contribution in [3.05, 3.63) is 99.2 Å². The maximum atomic E-state index is 12.4. The number of carbonyl (C=O) groups is 1. The first-order valence-corrected chi connectivity index (χ1v) is 10.5.